The zero-order valence-corrected chi connectivity index (χ0v) is 22.1. The Morgan fingerprint density at radius 1 is 1.16 bits per heavy atom. The Kier molecular flexibility index (Phi) is 7.30. The van der Waals surface area contributed by atoms with Crippen LogP contribution in [0.25, 0.3) is 0 Å². The van der Waals surface area contributed by atoms with E-state index in [-0.39, 0.29) is 30.0 Å². The van der Waals surface area contributed by atoms with Gasteiger partial charge in [0.25, 0.3) is 0 Å². The van der Waals surface area contributed by atoms with E-state index in [1.807, 2.05) is 12.1 Å². The van der Waals surface area contributed by atoms with Gasteiger partial charge in [0.15, 0.2) is 11.4 Å². The number of amides is 1. The molecule has 7 nitrogen and oxygen atoms in total. The molecule has 1 unspecified atom stereocenters. The molecular weight excluding hydrogens is 517 g/mol. The molecule has 0 radical (unpaired) electrons. The Labute approximate surface area is 222 Å². The molecule has 5 rings (SSSR count). The standard InChI is InChI=1S/C27H29F3N4O3S/c1-16-14-21(27(28,29)30)32-34(16)15-22(35)33-12-10-18(11-13-33)25-31-23(26(36)37-2)24(38-25)20-9-5-7-17-6-3-4-8-19(17)20/h3-4,6,8,14,18,20H,5,7,9-13,15H2,1-2H3. The number of rotatable bonds is 5. The van der Waals surface area contributed by atoms with Crippen molar-refractivity contribution in [3.8, 4) is 0 Å². The largest absolute Gasteiger partial charge is 0.464 e. The first-order chi connectivity index (χ1) is 18.2. The summed E-state index contributed by atoms with van der Waals surface area (Å²) in [5, 5.41) is 4.44. The van der Waals surface area contributed by atoms with Crippen molar-refractivity contribution in [3.63, 3.8) is 0 Å². The second-order valence-electron chi connectivity index (χ2n) is 9.88. The van der Waals surface area contributed by atoms with Crippen molar-refractivity contribution in [2.75, 3.05) is 20.2 Å². The van der Waals surface area contributed by atoms with Crippen molar-refractivity contribution in [1.82, 2.24) is 19.7 Å². The molecule has 202 valence electrons. The van der Waals surface area contributed by atoms with Crippen LogP contribution in [0, 0.1) is 6.92 Å². The maximum Gasteiger partial charge on any atom is 0.435 e. The molecule has 1 atom stereocenters. The van der Waals surface area contributed by atoms with Crippen LogP contribution in [0.1, 0.15) is 80.4 Å². The second kappa shape index (κ2) is 10.5. The van der Waals surface area contributed by atoms with Gasteiger partial charge in [-0.2, -0.15) is 18.3 Å². The van der Waals surface area contributed by atoms with Gasteiger partial charge in [0, 0.05) is 35.5 Å². The van der Waals surface area contributed by atoms with Gasteiger partial charge in [0.05, 0.1) is 12.1 Å². The molecule has 1 aliphatic carbocycles. The average Bonchev–Trinajstić information content (AvgIpc) is 3.52. The van der Waals surface area contributed by atoms with E-state index in [4.69, 9.17) is 9.72 Å². The van der Waals surface area contributed by atoms with Crippen LogP contribution in [0.5, 0.6) is 0 Å². The molecule has 1 aliphatic heterocycles. The Morgan fingerprint density at radius 2 is 1.89 bits per heavy atom. The summed E-state index contributed by atoms with van der Waals surface area (Å²) in [5.74, 6) is -0.521. The Hall–Kier alpha value is -3.21. The summed E-state index contributed by atoms with van der Waals surface area (Å²) in [6.07, 6.45) is -0.228. The van der Waals surface area contributed by atoms with Gasteiger partial charge in [-0.25, -0.2) is 9.78 Å². The number of methoxy groups -OCH3 is 1. The molecular formula is C27H29F3N4O3S. The van der Waals surface area contributed by atoms with Crippen LogP contribution in [-0.2, 0) is 28.7 Å². The number of halogens is 3. The summed E-state index contributed by atoms with van der Waals surface area (Å²) in [4.78, 5) is 32.9. The number of thiazole rings is 1. The van der Waals surface area contributed by atoms with Crippen LogP contribution < -0.4 is 0 Å². The third-order valence-electron chi connectivity index (χ3n) is 7.49. The number of carbonyl (C=O) groups is 2. The molecule has 38 heavy (non-hydrogen) atoms. The van der Waals surface area contributed by atoms with E-state index < -0.39 is 17.8 Å². The first-order valence-corrected chi connectivity index (χ1v) is 13.5. The van der Waals surface area contributed by atoms with Gasteiger partial charge >= 0.3 is 12.1 Å². The third-order valence-corrected chi connectivity index (χ3v) is 8.82. The summed E-state index contributed by atoms with van der Waals surface area (Å²) in [6.45, 7) is 2.20. The topological polar surface area (TPSA) is 77.3 Å². The SMILES string of the molecule is COC(=O)c1nc(C2CCN(C(=O)Cn3nc(C(F)(F)F)cc3C)CC2)sc1C1CCCc2ccccc21. The number of alkyl halides is 3. The minimum Gasteiger partial charge on any atom is -0.464 e. The number of nitrogens with zero attached hydrogens (tertiary/aromatic N) is 4. The normalized spacial score (nSPS) is 18.3. The molecule has 2 aliphatic rings. The molecule has 1 aromatic carbocycles. The van der Waals surface area contributed by atoms with Crippen molar-refractivity contribution < 1.29 is 27.5 Å². The molecule has 1 fully saturated rings. The van der Waals surface area contributed by atoms with Crippen LogP contribution in [0.2, 0.25) is 0 Å². The van der Waals surface area contributed by atoms with Crippen LogP contribution in [0.3, 0.4) is 0 Å². The van der Waals surface area contributed by atoms with Crippen molar-refractivity contribution in [3.05, 3.63) is 68.4 Å². The summed E-state index contributed by atoms with van der Waals surface area (Å²) >= 11 is 1.56. The van der Waals surface area contributed by atoms with Gasteiger partial charge in [-0.3, -0.25) is 9.48 Å². The monoisotopic (exact) mass is 546 g/mol. The predicted molar refractivity (Wildman–Crippen MR) is 135 cm³/mol. The fourth-order valence-corrected chi connectivity index (χ4v) is 6.82. The van der Waals surface area contributed by atoms with E-state index >= 15 is 0 Å². The van der Waals surface area contributed by atoms with E-state index in [0.29, 0.717) is 31.6 Å². The number of piperidine rings is 1. The predicted octanol–water partition coefficient (Wildman–Crippen LogP) is 5.33. The van der Waals surface area contributed by atoms with E-state index in [9.17, 15) is 22.8 Å². The molecule has 0 N–H and O–H groups in total. The number of aromatic nitrogens is 3. The van der Waals surface area contributed by atoms with Gasteiger partial charge in [-0.05, 0) is 56.2 Å². The van der Waals surface area contributed by atoms with Crippen molar-refractivity contribution >= 4 is 23.2 Å². The molecule has 0 spiro atoms. The number of aryl methyl sites for hydroxylation is 2. The van der Waals surface area contributed by atoms with Crippen LogP contribution in [0.15, 0.2) is 30.3 Å². The molecule has 0 bridgehead atoms. The summed E-state index contributed by atoms with van der Waals surface area (Å²) < 4.78 is 45.1. The number of carbonyl (C=O) groups excluding carboxylic acids is 2. The molecule has 1 amide bonds. The quantitative estimate of drug-likeness (QED) is 0.405. The zero-order valence-electron chi connectivity index (χ0n) is 21.3. The lowest BCUT2D eigenvalue weighted by Crippen LogP contribution is -2.40. The van der Waals surface area contributed by atoms with E-state index in [2.05, 4.69) is 17.2 Å². The molecule has 3 heterocycles. The molecule has 1 saturated heterocycles. The van der Waals surface area contributed by atoms with Crippen LogP contribution in [0.4, 0.5) is 13.2 Å². The van der Waals surface area contributed by atoms with Crippen molar-refractivity contribution in [1.29, 1.82) is 0 Å². The van der Waals surface area contributed by atoms with Crippen molar-refractivity contribution in [2.24, 2.45) is 0 Å². The number of esters is 1. The van der Waals surface area contributed by atoms with Crippen molar-refractivity contribution in [2.45, 2.75) is 63.6 Å². The molecule has 11 heteroatoms. The van der Waals surface area contributed by atoms with Gasteiger partial charge in [0.1, 0.15) is 6.54 Å². The first kappa shape index (κ1) is 26.4. The minimum atomic E-state index is -4.55. The van der Waals surface area contributed by atoms with Gasteiger partial charge in [0.2, 0.25) is 5.91 Å². The highest BCUT2D eigenvalue weighted by Crippen LogP contribution is 2.43. The number of hydrogen-bond acceptors (Lipinski definition) is 6. The van der Waals surface area contributed by atoms with Gasteiger partial charge in [-0.15, -0.1) is 11.3 Å². The fraction of sp³-hybridized carbons (Fsp3) is 0.481. The van der Waals surface area contributed by atoms with E-state index in [0.717, 1.165) is 39.9 Å². The lowest BCUT2D eigenvalue weighted by molar-refractivity contribution is -0.142. The van der Waals surface area contributed by atoms with Crippen LogP contribution in [-0.4, -0.2) is 51.7 Å². The smallest absolute Gasteiger partial charge is 0.435 e. The van der Waals surface area contributed by atoms with E-state index in [1.165, 1.54) is 25.2 Å². The second-order valence-corrected chi connectivity index (χ2v) is 10.9. The van der Waals surface area contributed by atoms with E-state index in [1.54, 1.807) is 16.2 Å². The third kappa shape index (κ3) is 5.21. The zero-order chi connectivity index (χ0) is 27.0. The molecule has 0 saturated carbocycles. The highest BCUT2D eigenvalue weighted by atomic mass is 32.1. The Morgan fingerprint density at radius 3 is 2.58 bits per heavy atom. The number of fused-ring (bicyclic) bond motifs is 1. The number of ether oxygens (including phenoxy) is 1. The first-order valence-electron chi connectivity index (χ1n) is 12.7. The highest BCUT2D eigenvalue weighted by molar-refractivity contribution is 7.12. The lowest BCUT2D eigenvalue weighted by atomic mass is 9.81. The summed E-state index contributed by atoms with van der Waals surface area (Å²) in [7, 11) is 1.36. The number of likely N-dealkylation sites (tertiary alicyclic amines) is 1. The fourth-order valence-electron chi connectivity index (χ4n) is 5.44. The Balaban J connectivity index is 1.30. The van der Waals surface area contributed by atoms with Gasteiger partial charge < -0.3 is 9.64 Å². The maximum atomic E-state index is 13.0. The van der Waals surface area contributed by atoms with Gasteiger partial charge in [-0.1, -0.05) is 24.3 Å². The average molecular weight is 547 g/mol. The molecule has 3 aromatic rings. The minimum absolute atomic E-state index is 0.0864. The highest BCUT2D eigenvalue weighted by Gasteiger charge is 2.36. The summed E-state index contributed by atoms with van der Waals surface area (Å²) in [5.41, 5.74) is 2.21. The molecule has 2 aromatic heterocycles. The van der Waals surface area contributed by atoms with Crippen LogP contribution >= 0.6 is 11.3 Å². The number of hydrogen-bond donors (Lipinski definition) is 0. The number of benzene rings is 1. The maximum absolute atomic E-state index is 13.0. The lowest BCUT2D eigenvalue weighted by Gasteiger charge is -2.31. The summed E-state index contributed by atoms with van der Waals surface area (Å²) in [6, 6.07) is 9.28. The Bertz CT molecular complexity index is 1340.